The van der Waals surface area contributed by atoms with E-state index in [-0.39, 0.29) is 0 Å². The van der Waals surface area contributed by atoms with Crippen molar-refractivity contribution in [1.82, 2.24) is 9.55 Å². The lowest BCUT2D eigenvalue weighted by atomic mass is 10.3. The summed E-state index contributed by atoms with van der Waals surface area (Å²) >= 11 is 0. The first kappa shape index (κ1) is 16.4. The van der Waals surface area contributed by atoms with Gasteiger partial charge in [0.25, 0.3) is 0 Å². The topological polar surface area (TPSA) is 45.5 Å². The van der Waals surface area contributed by atoms with E-state index in [1.807, 2.05) is 6.20 Å². The van der Waals surface area contributed by atoms with Gasteiger partial charge < -0.3 is 17.8 Å². The third-order valence-corrected chi connectivity index (χ3v) is 6.20. The van der Waals surface area contributed by atoms with Crippen LogP contribution in [0.25, 0.3) is 0 Å². The van der Waals surface area contributed by atoms with E-state index < -0.39 is 8.80 Å². The molecule has 5 nitrogen and oxygen atoms in total. The molecule has 1 aromatic rings. The zero-order valence-corrected chi connectivity index (χ0v) is 13.5. The summed E-state index contributed by atoms with van der Waals surface area (Å²) in [6, 6.07) is 0.817. The molecule has 0 aliphatic heterocycles. The second-order valence-corrected chi connectivity index (χ2v) is 7.63. The van der Waals surface area contributed by atoms with Gasteiger partial charge in [-0.15, -0.1) is 0 Å². The van der Waals surface area contributed by atoms with Crippen LogP contribution in [0.3, 0.4) is 0 Å². The largest absolute Gasteiger partial charge is 0.500 e. The summed E-state index contributed by atoms with van der Waals surface area (Å²) in [5.74, 6) is 1.14. The molecule has 19 heavy (non-hydrogen) atoms. The van der Waals surface area contributed by atoms with Gasteiger partial charge in [-0.1, -0.05) is 13.3 Å². The summed E-state index contributed by atoms with van der Waals surface area (Å²) in [6.07, 6.45) is 8.21. The van der Waals surface area contributed by atoms with E-state index in [4.69, 9.17) is 13.3 Å². The van der Waals surface area contributed by atoms with Crippen LogP contribution < -0.4 is 0 Å². The molecule has 0 bridgehead atoms. The Kier molecular flexibility index (Phi) is 7.30. The van der Waals surface area contributed by atoms with Gasteiger partial charge in [0, 0.05) is 52.7 Å². The summed E-state index contributed by atoms with van der Waals surface area (Å²) in [5, 5.41) is 0. The summed E-state index contributed by atoms with van der Waals surface area (Å²) in [7, 11) is 2.53. The van der Waals surface area contributed by atoms with Gasteiger partial charge in [-0.2, -0.15) is 0 Å². The van der Waals surface area contributed by atoms with Gasteiger partial charge in [0.15, 0.2) is 0 Å². The maximum atomic E-state index is 5.42. The zero-order chi connectivity index (χ0) is 14.1. The Bertz CT molecular complexity index is 345. The standard InChI is InChI=1S/C13H26N2O3Si/c1-5-6-10-15-11-9-14-13(15)8-7-12-19(16-2,17-3)18-4/h9,11H,5-8,10,12H2,1-4H3. The molecule has 0 atom stereocenters. The van der Waals surface area contributed by atoms with Crippen molar-refractivity contribution in [2.24, 2.45) is 0 Å². The molecule has 6 heteroatoms. The van der Waals surface area contributed by atoms with Gasteiger partial charge in [0.1, 0.15) is 5.82 Å². The number of aryl methyl sites for hydroxylation is 2. The van der Waals surface area contributed by atoms with Gasteiger partial charge in [-0.05, 0) is 12.8 Å². The Morgan fingerprint density at radius 2 is 1.84 bits per heavy atom. The first-order valence-corrected chi connectivity index (χ1v) is 8.80. The number of unbranched alkanes of at least 4 members (excludes halogenated alkanes) is 1. The lowest BCUT2D eigenvalue weighted by molar-refractivity contribution is 0.123. The monoisotopic (exact) mass is 286 g/mol. The predicted molar refractivity (Wildman–Crippen MR) is 77.0 cm³/mol. The fourth-order valence-corrected chi connectivity index (χ4v) is 3.84. The molecule has 0 amide bonds. The smallest absolute Gasteiger partial charge is 0.377 e. The Balaban J connectivity index is 2.46. The first-order valence-electron chi connectivity index (χ1n) is 6.86. The van der Waals surface area contributed by atoms with Crippen molar-refractivity contribution in [3.63, 3.8) is 0 Å². The van der Waals surface area contributed by atoms with Crippen molar-refractivity contribution >= 4 is 8.80 Å². The minimum atomic E-state index is -2.43. The van der Waals surface area contributed by atoms with Gasteiger partial charge in [-0.25, -0.2) is 4.98 Å². The summed E-state index contributed by atoms with van der Waals surface area (Å²) in [5.41, 5.74) is 0. The molecule has 1 rings (SSSR count). The minimum Gasteiger partial charge on any atom is -0.377 e. The molecule has 0 N–H and O–H groups in total. The van der Waals surface area contributed by atoms with Gasteiger partial charge in [0.2, 0.25) is 0 Å². The van der Waals surface area contributed by atoms with E-state index in [2.05, 4.69) is 22.7 Å². The SMILES string of the molecule is CCCCn1ccnc1CCC[Si](OC)(OC)OC. The molecule has 0 saturated heterocycles. The Morgan fingerprint density at radius 3 is 2.42 bits per heavy atom. The molecule has 0 spiro atoms. The maximum absolute atomic E-state index is 5.42. The normalized spacial score (nSPS) is 12.0. The van der Waals surface area contributed by atoms with Crippen molar-refractivity contribution in [2.45, 2.75) is 45.2 Å². The Morgan fingerprint density at radius 1 is 1.16 bits per heavy atom. The van der Waals surface area contributed by atoms with Crippen molar-refractivity contribution < 1.29 is 13.3 Å². The molecule has 0 aliphatic carbocycles. The van der Waals surface area contributed by atoms with E-state index in [9.17, 15) is 0 Å². The Hall–Kier alpha value is -0.693. The maximum Gasteiger partial charge on any atom is 0.500 e. The van der Waals surface area contributed by atoms with Crippen LogP contribution in [-0.2, 0) is 26.2 Å². The number of rotatable bonds is 10. The molecular formula is C13H26N2O3Si. The number of aromatic nitrogens is 2. The molecule has 1 heterocycles. The highest BCUT2D eigenvalue weighted by Gasteiger charge is 2.36. The van der Waals surface area contributed by atoms with Crippen LogP contribution >= 0.6 is 0 Å². The van der Waals surface area contributed by atoms with Crippen LogP contribution in [0.15, 0.2) is 12.4 Å². The van der Waals surface area contributed by atoms with E-state index >= 15 is 0 Å². The molecule has 1 aromatic heterocycles. The molecule has 0 fully saturated rings. The molecule has 110 valence electrons. The lowest BCUT2D eigenvalue weighted by Crippen LogP contribution is -2.42. The van der Waals surface area contributed by atoms with Crippen LogP contribution in [0.2, 0.25) is 6.04 Å². The molecule has 0 unspecified atom stereocenters. The van der Waals surface area contributed by atoms with Crippen LogP contribution in [0.1, 0.15) is 32.0 Å². The number of nitrogens with zero attached hydrogens (tertiary/aromatic N) is 2. The van der Waals surface area contributed by atoms with Crippen LogP contribution in [0, 0.1) is 0 Å². The average Bonchev–Trinajstić information content (AvgIpc) is 2.89. The lowest BCUT2D eigenvalue weighted by Gasteiger charge is -2.24. The highest BCUT2D eigenvalue weighted by molar-refractivity contribution is 6.60. The fourth-order valence-electron chi connectivity index (χ4n) is 2.12. The molecule has 0 aliphatic rings. The van der Waals surface area contributed by atoms with Crippen molar-refractivity contribution in [1.29, 1.82) is 0 Å². The third kappa shape index (κ3) is 4.72. The van der Waals surface area contributed by atoms with Crippen LogP contribution in [0.4, 0.5) is 0 Å². The molecule has 0 radical (unpaired) electrons. The average molecular weight is 286 g/mol. The second-order valence-electron chi connectivity index (χ2n) is 4.54. The highest BCUT2D eigenvalue weighted by Crippen LogP contribution is 2.17. The van der Waals surface area contributed by atoms with Crippen molar-refractivity contribution in [3.05, 3.63) is 18.2 Å². The molecular weight excluding hydrogens is 260 g/mol. The number of hydrogen-bond acceptors (Lipinski definition) is 4. The summed E-state index contributed by atoms with van der Waals surface area (Å²) in [4.78, 5) is 4.42. The molecule has 0 aromatic carbocycles. The third-order valence-electron chi connectivity index (χ3n) is 3.37. The van der Waals surface area contributed by atoms with Crippen molar-refractivity contribution in [2.75, 3.05) is 21.3 Å². The van der Waals surface area contributed by atoms with Crippen LogP contribution in [-0.4, -0.2) is 39.7 Å². The summed E-state index contributed by atoms with van der Waals surface area (Å²) < 4.78 is 18.5. The second kappa shape index (κ2) is 8.47. The van der Waals surface area contributed by atoms with E-state index in [0.717, 1.165) is 31.3 Å². The minimum absolute atomic E-state index is 0.817. The van der Waals surface area contributed by atoms with Crippen molar-refractivity contribution in [3.8, 4) is 0 Å². The van der Waals surface area contributed by atoms with Gasteiger partial charge >= 0.3 is 8.80 Å². The van der Waals surface area contributed by atoms with Gasteiger partial charge in [-0.3, -0.25) is 0 Å². The highest BCUT2D eigenvalue weighted by atomic mass is 28.4. The first-order chi connectivity index (χ1) is 9.21. The quantitative estimate of drug-likeness (QED) is 0.620. The fraction of sp³-hybridized carbons (Fsp3) is 0.769. The Labute approximate surface area is 117 Å². The predicted octanol–water partition coefficient (Wildman–Crippen LogP) is 2.49. The van der Waals surface area contributed by atoms with E-state index in [1.54, 1.807) is 21.3 Å². The summed E-state index contributed by atoms with van der Waals surface area (Å²) in [6.45, 7) is 3.25. The zero-order valence-electron chi connectivity index (χ0n) is 12.5. The van der Waals surface area contributed by atoms with E-state index in [1.165, 1.54) is 12.8 Å². The van der Waals surface area contributed by atoms with Crippen LogP contribution in [0.5, 0.6) is 0 Å². The number of imidazole rings is 1. The molecule has 0 saturated carbocycles. The number of hydrogen-bond donors (Lipinski definition) is 0. The van der Waals surface area contributed by atoms with Gasteiger partial charge in [0.05, 0.1) is 0 Å². The van der Waals surface area contributed by atoms with E-state index in [0.29, 0.717) is 0 Å².